The smallest absolute Gasteiger partial charge is 0.273 e. The Morgan fingerprint density at radius 2 is 2.04 bits per heavy atom. The molecule has 0 aromatic heterocycles. The van der Waals surface area contributed by atoms with Crippen LogP contribution in [0.1, 0.15) is 12.5 Å². The summed E-state index contributed by atoms with van der Waals surface area (Å²) < 4.78 is 5.60. The Balaban J connectivity index is 1.74. The highest BCUT2D eigenvalue weighted by Gasteiger charge is 2.28. The van der Waals surface area contributed by atoms with Crippen LogP contribution in [0.5, 0.6) is 5.75 Å². The van der Waals surface area contributed by atoms with Crippen LogP contribution in [0.3, 0.4) is 0 Å². The van der Waals surface area contributed by atoms with Crippen molar-refractivity contribution in [3.63, 3.8) is 0 Å². The lowest BCUT2D eigenvalue weighted by Gasteiger charge is -2.22. The van der Waals surface area contributed by atoms with E-state index in [-0.39, 0.29) is 11.6 Å². The van der Waals surface area contributed by atoms with E-state index in [9.17, 15) is 14.9 Å². The van der Waals surface area contributed by atoms with E-state index in [0.717, 1.165) is 17.7 Å². The van der Waals surface area contributed by atoms with Gasteiger partial charge in [0.15, 0.2) is 6.10 Å². The number of nitrogens with zero attached hydrogens (tertiary/aromatic N) is 2. The Hall–Kier alpha value is -2.89. The second kappa shape index (κ2) is 6.08. The highest BCUT2D eigenvalue weighted by Crippen LogP contribution is 2.28. The number of non-ortho nitro benzene ring substituents is 1. The summed E-state index contributed by atoms with van der Waals surface area (Å²) in [5.41, 5.74) is 1.99. The predicted molar refractivity (Wildman–Crippen MR) is 85.7 cm³/mol. The van der Waals surface area contributed by atoms with Crippen molar-refractivity contribution in [3.8, 4) is 5.75 Å². The SMILES string of the molecule is C[C@@H](Oc1cccc([N+](=O)[O-])c1)C(=O)N1CCc2ccccc21. The number of rotatable bonds is 4. The predicted octanol–water partition coefficient (Wildman–Crippen LogP) is 2.95. The van der Waals surface area contributed by atoms with Crippen LogP contribution in [-0.2, 0) is 11.2 Å². The summed E-state index contributed by atoms with van der Waals surface area (Å²) in [6.07, 6.45) is 0.106. The summed E-state index contributed by atoms with van der Waals surface area (Å²) in [5.74, 6) is 0.161. The van der Waals surface area contributed by atoms with Gasteiger partial charge in [0.2, 0.25) is 0 Å². The van der Waals surface area contributed by atoms with E-state index >= 15 is 0 Å². The standard InChI is InChI=1S/C17H16N2O4/c1-12(23-15-7-4-6-14(11-15)19(21)22)17(20)18-10-9-13-5-2-3-8-16(13)18/h2-8,11-12H,9-10H2,1H3/t12-/m1/s1. The first-order valence-corrected chi connectivity index (χ1v) is 7.36. The third kappa shape index (κ3) is 3.01. The van der Waals surface area contributed by atoms with E-state index < -0.39 is 11.0 Å². The zero-order valence-corrected chi connectivity index (χ0v) is 12.6. The van der Waals surface area contributed by atoms with Gasteiger partial charge in [-0.1, -0.05) is 24.3 Å². The molecule has 0 unspecified atom stereocenters. The second-order valence-corrected chi connectivity index (χ2v) is 5.38. The van der Waals surface area contributed by atoms with Crippen LogP contribution in [0, 0.1) is 10.1 Å². The number of carbonyl (C=O) groups excluding carboxylic acids is 1. The fourth-order valence-corrected chi connectivity index (χ4v) is 2.71. The quantitative estimate of drug-likeness (QED) is 0.642. The van der Waals surface area contributed by atoms with Crippen molar-refractivity contribution in [1.29, 1.82) is 0 Å². The number of benzene rings is 2. The number of anilines is 1. The van der Waals surface area contributed by atoms with Crippen LogP contribution in [0.15, 0.2) is 48.5 Å². The Bertz CT molecular complexity index is 760. The molecule has 1 heterocycles. The number of fused-ring (bicyclic) bond motifs is 1. The molecule has 6 heteroatoms. The third-order valence-corrected chi connectivity index (χ3v) is 3.84. The molecular weight excluding hydrogens is 296 g/mol. The van der Waals surface area contributed by atoms with E-state index in [1.807, 2.05) is 24.3 Å². The molecule has 3 rings (SSSR count). The van der Waals surface area contributed by atoms with Gasteiger partial charge in [-0.15, -0.1) is 0 Å². The molecule has 0 spiro atoms. The molecule has 1 atom stereocenters. The third-order valence-electron chi connectivity index (χ3n) is 3.84. The van der Waals surface area contributed by atoms with Gasteiger partial charge >= 0.3 is 0 Å². The molecule has 1 aliphatic rings. The average Bonchev–Trinajstić information content (AvgIpc) is 2.98. The summed E-state index contributed by atoms with van der Waals surface area (Å²) in [7, 11) is 0. The first-order chi connectivity index (χ1) is 11.1. The number of ether oxygens (including phenoxy) is 1. The Kier molecular flexibility index (Phi) is 3.97. The van der Waals surface area contributed by atoms with E-state index in [1.165, 1.54) is 18.2 Å². The van der Waals surface area contributed by atoms with Gasteiger partial charge in [-0.05, 0) is 31.0 Å². The molecule has 118 valence electrons. The summed E-state index contributed by atoms with van der Waals surface area (Å²) in [6, 6.07) is 13.6. The van der Waals surface area contributed by atoms with Gasteiger partial charge in [0.25, 0.3) is 11.6 Å². The van der Waals surface area contributed by atoms with E-state index in [1.54, 1.807) is 17.9 Å². The van der Waals surface area contributed by atoms with Crippen molar-refractivity contribution in [1.82, 2.24) is 0 Å². The molecule has 0 saturated heterocycles. The van der Waals surface area contributed by atoms with E-state index in [0.29, 0.717) is 12.3 Å². The summed E-state index contributed by atoms with van der Waals surface area (Å²) >= 11 is 0. The zero-order chi connectivity index (χ0) is 16.4. The Morgan fingerprint density at radius 3 is 2.83 bits per heavy atom. The van der Waals surface area contributed by atoms with Crippen LogP contribution >= 0.6 is 0 Å². The maximum Gasteiger partial charge on any atom is 0.273 e. The first-order valence-electron chi connectivity index (χ1n) is 7.36. The summed E-state index contributed by atoms with van der Waals surface area (Å²) in [5, 5.41) is 10.8. The molecule has 6 nitrogen and oxygen atoms in total. The van der Waals surface area contributed by atoms with Crippen molar-refractivity contribution in [2.75, 3.05) is 11.4 Å². The maximum atomic E-state index is 12.6. The lowest BCUT2D eigenvalue weighted by Crippen LogP contribution is -2.39. The summed E-state index contributed by atoms with van der Waals surface area (Å²) in [4.78, 5) is 24.6. The molecule has 0 radical (unpaired) electrons. The number of para-hydroxylation sites is 1. The van der Waals surface area contributed by atoms with Crippen molar-refractivity contribution in [3.05, 3.63) is 64.2 Å². The number of carbonyl (C=O) groups is 1. The molecule has 1 aliphatic heterocycles. The topological polar surface area (TPSA) is 72.7 Å². The summed E-state index contributed by atoms with van der Waals surface area (Å²) in [6.45, 7) is 2.28. The van der Waals surface area contributed by atoms with Gasteiger partial charge in [-0.3, -0.25) is 14.9 Å². The Morgan fingerprint density at radius 1 is 1.26 bits per heavy atom. The van der Waals surface area contributed by atoms with Crippen LogP contribution in [-0.4, -0.2) is 23.5 Å². The number of hydrogen-bond donors (Lipinski definition) is 0. The molecule has 0 bridgehead atoms. The monoisotopic (exact) mass is 312 g/mol. The highest BCUT2D eigenvalue weighted by molar-refractivity contribution is 5.98. The van der Waals surface area contributed by atoms with E-state index in [2.05, 4.69) is 0 Å². The van der Waals surface area contributed by atoms with E-state index in [4.69, 9.17) is 4.74 Å². The molecule has 2 aromatic rings. The number of nitro benzene ring substituents is 1. The molecule has 23 heavy (non-hydrogen) atoms. The molecule has 0 aliphatic carbocycles. The number of amides is 1. The van der Waals surface area contributed by atoms with Crippen molar-refractivity contribution in [2.45, 2.75) is 19.4 Å². The molecule has 0 fully saturated rings. The van der Waals surface area contributed by atoms with Crippen LogP contribution in [0.2, 0.25) is 0 Å². The fourth-order valence-electron chi connectivity index (χ4n) is 2.71. The van der Waals surface area contributed by atoms with Crippen molar-refractivity contribution in [2.24, 2.45) is 0 Å². The molecule has 2 aromatic carbocycles. The van der Waals surface area contributed by atoms with Crippen LogP contribution in [0.4, 0.5) is 11.4 Å². The molecule has 0 saturated carbocycles. The van der Waals surface area contributed by atoms with Crippen LogP contribution in [0.25, 0.3) is 0 Å². The minimum Gasteiger partial charge on any atom is -0.481 e. The maximum absolute atomic E-state index is 12.6. The van der Waals surface area contributed by atoms with Gasteiger partial charge in [0.05, 0.1) is 11.0 Å². The Labute approximate surface area is 133 Å². The van der Waals surface area contributed by atoms with Crippen molar-refractivity contribution >= 4 is 17.3 Å². The van der Waals surface area contributed by atoms with Crippen LogP contribution < -0.4 is 9.64 Å². The van der Waals surface area contributed by atoms with Gasteiger partial charge in [-0.25, -0.2) is 0 Å². The molecule has 0 N–H and O–H groups in total. The zero-order valence-electron chi connectivity index (χ0n) is 12.6. The lowest BCUT2D eigenvalue weighted by molar-refractivity contribution is -0.384. The van der Waals surface area contributed by atoms with Gasteiger partial charge in [0.1, 0.15) is 5.75 Å². The van der Waals surface area contributed by atoms with Gasteiger partial charge in [0, 0.05) is 18.3 Å². The van der Waals surface area contributed by atoms with Gasteiger partial charge < -0.3 is 9.64 Å². The fraction of sp³-hybridized carbons (Fsp3) is 0.235. The minimum atomic E-state index is -0.719. The lowest BCUT2D eigenvalue weighted by atomic mass is 10.2. The molecule has 1 amide bonds. The molecular formula is C17H16N2O4. The largest absolute Gasteiger partial charge is 0.481 e. The second-order valence-electron chi connectivity index (χ2n) is 5.38. The average molecular weight is 312 g/mol. The normalized spacial score (nSPS) is 14.2. The minimum absolute atomic E-state index is 0.0614. The number of nitro groups is 1. The van der Waals surface area contributed by atoms with Gasteiger partial charge in [-0.2, -0.15) is 0 Å². The van der Waals surface area contributed by atoms with Crippen molar-refractivity contribution < 1.29 is 14.5 Å². The number of hydrogen-bond acceptors (Lipinski definition) is 4. The highest BCUT2D eigenvalue weighted by atomic mass is 16.6. The first kappa shape index (κ1) is 15.0.